The SMILES string of the molecule is COc1ccccc1C(O)C1CCOc2ccccc21. The van der Waals surface area contributed by atoms with Crippen LogP contribution in [0.3, 0.4) is 0 Å². The van der Waals surface area contributed by atoms with Crippen molar-refractivity contribution in [1.29, 1.82) is 0 Å². The molecule has 0 radical (unpaired) electrons. The van der Waals surface area contributed by atoms with Gasteiger partial charge in [-0.05, 0) is 18.6 Å². The fourth-order valence-electron chi connectivity index (χ4n) is 2.83. The zero-order chi connectivity index (χ0) is 13.9. The summed E-state index contributed by atoms with van der Waals surface area (Å²) in [4.78, 5) is 0. The van der Waals surface area contributed by atoms with Crippen molar-refractivity contribution in [2.24, 2.45) is 0 Å². The molecule has 1 aliphatic rings. The van der Waals surface area contributed by atoms with Crippen LogP contribution in [0, 0.1) is 0 Å². The van der Waals surface area contributed by atoms with E-state index in [1.54, 1.807) is 7.11 Å². The molecule has 3 rings (SSSR count). The Morgan fingerprint density at radius 1 is 1.15 bits per heavy atom. The van der Waals surface area contributed by atoms with Crippen LogP contribution in [0.5, 0.6) is 11.5 Å². The smallest absolute Gasteiger partial charge is 0.124 e. The fourth-order valence-corrected chi connectivity index (χ4v) is 2.83. The van der Waals surface area contributed by atoms with Gasteiger partial charge in [0.2, 0.25) is 0 Å². The van der Waals surface area contributed by atoms with Gasteiger partial charge >= 0.3 is 0 Å². The molecule has 0 fully saturated rings. The van der Waals surface area contributed by atoms with Gasteiger partial charge in [-0.15, -0.1) is 0 Å². The molecule has 0 aromatic heterocycles. The Bertz CT molecular complexity index is 594. The standard InChI is InChI=1S/C17H18O3/c1-19-15-8-4-3-7-14(15)17(18)13-10-11-20-16-9-5-2-6-12(13)16/h2-9,13,17-18H,10-11H2,1H3. The van der Waals surface area contributed by atoms with Gasteiger partial charge in [0.15, 0.2) is 0 Å². The fraction of sp³-hybridized carbons (Fsp3) is 0.294. The molecule has 1 N–H and O–H groups in total. The number of aliphatic hydroxyl groups is 1. The zero-order valence-corrected chi connectivity index (χ0v) is 11.5. The normalized spacial score (nSPS) is 18.8. The minimum absolute atomic E-state index is 0.0382. The van der Waals surface area contributed by atoms with Crippen LogP contribution >= 0.6 is 0 Å². The molecule has 3 nitrogen and oxygen atoms in total. The van der Waals surface area contributed by atoms with E-state index >= 15 is 0 Å². The lowest BCUT2D eigenvalue weighted by atomic mass is 9.85. The number of rotatable bonds is 3. The summed E-state index contributed by atoms with van der Waals surface area (Å²) in [6.07, 6.45) is 0.215. The second-order valence-electron chi connectivity index (χ2n) is 4.97. The third-order valence-corrected chi connectivity index (χ3v) is 3.84. The number of hydrogen-bond acceptors (Lipinski definition) is 3. The number of benzene rings is 2. The number of hydrogen-bond donors (Lipinski definition) is 1. The summed E-state index contributed by atoms with van der Waals surface area (Å²) in [6, 6.07) is 15.5. The average molecular weight is 270 g/mol. The number of fused-ring (bicyclic) bond motifs is 1. The second kappa shape index (κ2) is 5.55. The van der Waals surface area contributed by atoms with E-state index in [9.17, 15) is 5.11 Å². The summed E-state index contributed by atoms with van der Waals surface area (Å²) in [6.45, 7) is 0.633. The Morgan fingerprint density at radius 2 is 1.90 bits per heavy atom. The minimum Gasteiger partial charge on any atom is -0.496 e. The molecule has 2 atom stereocenters. The van der Waals surface area contributed by atoms with Crippen molar-refractivity contribution in [2.45, 2.75) is 18.4 Å². The van der Waals surface area contributed by atoms with E-state index in [-0.39, 0.29) is 5.92 Å². The highest BCUT2D eigenvalue weighted by Crippen LogP contribution is 2.43. The summed E-state index contributed by atoms with van der Waals surface area (Å²) in [5, 5.41) is 10.8. The quantitative estimate of drug-likeness (QED) is 0.930. The van der Waals surface area contributed by atoms with Crippen LogP contribution in [-0.4, -0.2) is 18.8 Å². The molecule has 0 amide bonds. The molecule has 1 heterocycles. The Labute approximate surface area is 118 Å². The first kappa shape index (κ1) is 13.0. The molecule has 20 heavy (non-hydrogen) atoms. The summed E-state index contributed by atoms with van der Waals surface area (Å²) in [7, 11) is 1.63. The van der Waals surface area contributed by atoms with Gasteiger partial charge in [0.25, 0.3) is 0 Å². The van der Waals surface area contributed by atoms with Crippen molar-refractivity contribution in [1.82, 2.24) is 0 Å². The largest absolute Gasteiger partial charge is 0.496 e. The van der Waals surface area contributed by atoms with Gasteiger partial charge in [-0.1, -0.05) is 36.4 Å². The van der Waals surface area contributed by atoms with E-state index < -0.39 is 6.10 Å². The van der Waals surface area contributed by atoms with Crippen LogP contribution in [-0.2, 0) is 0 Å². The third-order valence-electron chi connectivity index (χ3n) is 3.84. The molecular weight excluding hydrogens is 252 g/mol. The highest BCUT2D eigenvalue weighted by atomic mass is 16.5. The predicted molar refractivity (Wildman–Crippen MR) is 77.2 cm³/mol. The summed E-state index contributed by atoms with van der Waals surface area (Å²) >= 11 is 0. The number of methoxy groups -OCH3 is 1. The first-order valence-corrected chi connectivity index (χ1v) is 6.84. The molecule has 2 aromatic carbocycles. The molecule has 0 bridgehead atoms. The van der Waals surface area contributed by atoms with Gasteiger partial charge in [0.1, 0.15) is 11.5 Å². The number of ether oxygens (including phenoxy) is 2. The van der Waals surface area contributed by atoms with Crippen LogP contribution in [0.2, 0.25) is 0 Å². The Balaban J connectivity index is 1.97. The van der Waals surface area contributed by atoms with Crippen LogP contribution in [0.25, 0.3) is 0 Å². The third kappa shape index (κ3) is 2.25. The van der Waals surface area contributed by atoms with Crippen molar-refractivity contribution in [3.63, 3.8) is 0 Å². The monoisotopic (exact) mass is 270 g/mol. The van der Waals surface area contributed by atoms with Crippen molar-refractivity contribution >= 4 is 0 Å². The van der Waals surface area contributed by atoms with Gasteiger partial charge in [-0.25, -0.2) is 0 Å². The first-order valence-electron chi connectivity index (χ1n) is 6.84. The molecule has 0 aliphatic carbocycles. The second-order valence-corrected chi connectivity index (χ2v) is 4.97. The highest BCUT2D eigenvalue weighted by Gasteiger charge is 2.29. The molecule has 2 unspecified atom stereocenters. The molecule has 0 saturated heterocycles. The Hall–Kier alpha value is -2.00. The molecule has 2 aromatic rings. The van der Waals surface area contributed by atoms with Gasteiger partial charge in [0, 0.05) is 17.0 Å². The van der Waals surface area contributed by atoms with Crippen molar-refractivity contribution in [2.75, 3.05) is 13.7 Å². The summed E-state index contributed by atoms with van der Waals surface area (Å²) in [5.74, 6) is 1.64. The number of aliphatic hydroxyl groups excluding tert-OH is 1. The first-order chi connectivity index (χ1) is 9.81. The van der Waals surface area contributed by atoms with E-state index in [1.165, 1.54) is 0 Å². The highest BCUT2D eigenvalue weighted by molar-refractivity contribution is 5.42. The van der Waals surface area contributed by atoms with Crippen LogP contribution in [0.4, 0.5) is 0 Å². The molecule has 104 valence electrons. The van der Waals surface area contributed by atoms with E-state index in [1.807, 2.05) is 48.5 Å². The molecule has 3 heteroatoms. The van der Waals surface area contributed by atoms with Crippen molar-refractivity contribution < 1.29 is 14.6 Å². The van der Waals surface area contributed by atoms with E-state index in [2.05, 4.69) is 0 Å². The molecule has 0 saturated carbocycles. The number of para-hydroxylation sites is 2. The summed E-state index contributed by atoms with van der Waals surface area (Å²) in [5.41, 5.74) is 1.90. The Kier molecular flexibility index (Phi) is 3.61. The van der Waals surface area contributed by atoms with Crippen molar-refractivity contribution in [3.05, 3.63) is 59.7 Å². The van der Waals surface area contributed by atoms with Gasteiger partial charge < -0.3 is 14.6 Å². The van der Waals surface area contributed by atoms with Gasteiger partial charge in [0.05, 0.1) is 19.8 Å². The maximum Gasteiger partial charge on any atom is 0.124 e. The molecule has 1 aliphatic heterocycles. The molecular formula is C17H18O3. The van der Waals surface area contributed by atoms with Crippen LogP contribution in [0.15, 0.2) is 48.5 Å². The van der Waals surface area contributed by atoms with Crippen LogP contribution in [0.1, 0.15) is 29.6 Å². The topological polar surface area (TPSA) is 38.7 Å². The van der Waals surface area contributed by atoms with Crippen LogP contribution < -0.4 is 9.47 Å². The maximum atomic E-state index is 10.8. The van der Waals surface area contributed by atoms with Gasteiger partial charge in [-0.2, -0.15) is 0 Å². The lowest BCUT2D eigenvalue weighted by Crippen LogP contribution is -2.20. The van der Waals surface area contributed by atoms with E-state index in [0.29, 0.717) is 6.61 Å². The maximum absolute atomic E-state index is 10.8. The Morgan fingerprint density at radius 3 is 2.75 bits per heavy atom. The predicted octanol–water partition coefficient (Wildman–Crippen LogP) is 3.29. The van der Waals surface area contributed by atoms with Crippen molar-refractivity contribution in [3.8, 4) is 11.5 Å². The average Bonchev–Trinajstić information content (AvgIpc) is 2.53. The zero-order valence-electron chi connectivity index (χ0n) is 11.5. The minimum atomic E-state index is -0.587. The lowest BCUT2D eigenvalue weighted by Gasteiger charge is -2.30. The lowest BCUT2D eigenvalue weighted by molar-refractivity contribution is 0.114. The van der Waals surface area contributed by atoms with E-state index in [4.69, 9.17) is 9.47 Å². The van der Waals surface area contributed by atoms with E-state index in [0.717, 1.165) is 29.0 Å². The van der Waals surface area contributed by atoms with Gasteiger partial charge in [-0.3, -0.25) is 0 Å². The summed E-state index contributed by atoms with van der Waals surface area (Å²) < 4.78 is 11.0. The molecule has 0 spiro atoms.